The number of thioether (sulfide) groups is 1. The van der Waals surface area contributed by atoms with Crippen LogP contribution in [0, 0.1) is 0 Å². The molecule has 1 aromatic rings. The average Bonchev–Trinajstić information content (AvgIpc) is 2.29. The molecule has 0 N–H and O–H groups in total. The van der Waals surface area contributed by atoms with Crippen molar-refractivity contribution in [2.24, 2.45) is 0 Å². The molecule has 16 heavy (non-hydrogen) atoms. The highest BCUT2D eigenvalue weighted by Crippen LogP contribution is 2.22. The van der Waals surface area contributed by atoms with Gasteiger partial charge < -0.3 is 9.64 Å². The zero-order chi connectivity index (χ0) is 12.0. The Morgan fingerprint density at radius 1 is 1.38 bits per heavy atom. The zero-order valence-corrected chi connectivity index (χ0v) is 10.7. The fraction of sp³-hybridized carbons (Fsp3) is 0.417. The van der Waals surface area contributed by atoms with E-state index < -0.39 is 0 Å². The lowest BCUT2D eigenvalue weighted by molar-refractivity contribution is 0.238. The van der Waals surface area contributed by atoms with Crippen molar-refractivity contribution in [2.75, 3.05) is 14.1 Å². The molecule has 0 bridgehead atoms. The second-order valence-corrected chi connectivity index (χ2v) is 4.66. The van der Waals surface area contributed by atoms with E-state index in [1.165, 1.54) is 11.8 Å². The minimum Gasteiger partial charge on any atom is -0.479 e. The van der Waals surface area contributed by atoms with Crippen molar-refractivity contribution in [3.8, 4) is 5.75 Å². The van der Waals surface area contributed by atoms with E-state index in [1.54, 1.807) is 19.0 Å². The van der Waals surface area contributed by atoms with Gasteiger partial charge in [0.25, 0.3) is 5.24 Å². The maximum absolute atomic E-state index is 11.5. The molecule has 0 aromatic heterocycles. The van der Waals surface area contributed by atoms with Crippen molar-refractivity contribution < 1.29 is 9.53 Å². The Balaban J connectivity index is 2.53. The Kier molecular flexibility index (Phi) is 5.19. The van der Waals surface area contributed by atoms with E-state index in [4.69, 9.17) is 4.74 Å². The molecule has 0 radical (unpaired) electrons. The summed E-state index contributed by atoms with van der Waals surface area (Å²) in [6, 6.07) is 9.56. The lowest BCUT2D eigenvalue weighted by Gasteiger charge is -2.18. The van der Waals surface area contributed by atoms with Crippen molar-refractivity contribution in [3.63, 3.8) is 0 Å². The highest BCUT2D eigenvalue weighted by molar-refractivity contribution is 8.13. The first-order valence-corrected chi connectivity index (χ1v) is 6.11. The molecule has 3 nitrogen and oxygen atoms in total. The van der Waals surface area contributed by atoms with Gasteiger partial charge >= 0.3 is 0 Å². The molecule has 0 aliphatic carbocycles. The number of rotatable bonds is 4. The van der Waals surface area contributed by atoms with Crippen LogP contribution < -0.4 is 4.74 Å². The van der Waals surface area contributed by atoms with Gasteiger partial charge in [0.2, 0.25) is 0 Å². The van der Waals surface area contributed by atoms with Crippen LogP contribution in [0.4, 0.5) is 4.79 Å². The third-order valence-electron chi connectivity index (χ3n) is 1.94. The van der Waals surface area contributed by atoms with Crippen molar-refractivity contribution >= 4 is 17.0 Å². The van der Waals surface area contributed by atoms with E-state index in [9.17, 15) is 4.79 Å². The minimum absolute atomic E-state index is 0.0165. The summed E-state index contributed by atoms with van der Waals surface area (Å²) in [5.74, 6) is 0.799. The molecule has 1 amide bonds. The number of nitrogens with zero attached hydrogens (tertiary/aromatic N) is 1. The van der Waals surface area contributed by atoms with E-state index in [1.807, 2.05) is 37.3 Å². The summed E-state index contributed by atoms with van der Waals surface area (Å²) >= 11 is 1.21. The normalized spacial score (nSPS) is 11.9. The molecule has 4 heteroatoms. The van der Waals surface area contributed by atoms with Gasteiger partial charge in [-0.05, 0) is 30.3 Å². The van der Waals surface area contributed by atoms with Crippen molar-refractivity contribution in [1.82, 2.24) is 4.90 Å². The molecule has 1 unspecified atom stereocenters. The van der Waals surface area contributed by atoms with Gasteiger partial charge in [0.1, 0.15) is 5.75 Å². The van der Waals surface area contributed by atoms with E-state index in [-0.39, 0.29) is 10.7 Å². The maximum atomic E-state index is 11.5. The van der Waals surface area contributed by atoms with E-state index in [0.717, 1.165) is 12.2 Å². The van der Waals surface area contributed by atoms with Crippen molar-refractivity contribution in [1.29, 1.82) is 0 Å². The van der Waals surface area contributed by atoms with Gasteiger partial charge in [0.05, 0.1) is 0 Å². The Hall–Kier alpha value is -1.16. The van der Waals surface area contributed by atoms with Gasteiger partial charge in [-0.2, -0.15) is 0 Å². The molecule has 1 atom stereocenters. The lowest BCUT2D eigenvalue weighted by atomic mass is 10.3. The van der Waals surface area contributed by atoms with Gasteiger partial charge in [-0.1, -0.05) is 25.1 Å². The number of benzene rings is 1. The molecule has 0 heterocycles. The predicted octanol–water partition coefficient (Wildman–Crippen LogP) is 3.22. The largest absolute Gasteiger partial charge is 0.479 e. The highest BCUT2D eigenvalue weighted by Gasteiger charge is 2.15. The van der Waals surface area contributed by atoms with E-state index >= 15 is 0 Å². The summed E-state index contributed by atoms with van der Waals surface area (Å²) in [5.41, 5.74) is -0.128. The molecule has 0 spiro atoms. The number of amides is 1. The first-order chi connectivity index (χ1) is 7.63. The fourth-order valence-electron chi connectivity index (χ4n) is 1.06. The molecule has 1 aromatic carbocycles. The quantitative estimate of drug-likeness (QED) is 0.756. The molecule has 1 rings (SSSR count). The van der Waals surface area contributed by atoms with Crippen molar-refractivity contribution in [2.45, 2.75) is 18.8 Å². The average molecular weight is 239 g/mol. The smallest absolute Gasteiger partial charge is 0.284 e. The Bertz CT molecular complexity index is 327. The Labute approximate surface area is 101 Å². The number of carbonyl (C=O) groups excluding carboxylic acids is 1. The summed E-state index contributed by atoms with van der Waals surface area (Å²) in [5, 5.41) is 0.0165. The third-order valence-corrected chi connectivity index (χ3v) is 3.20. The Morgan fingerprint density at radius 3 is 2.50 bits per heavy atom. The summed E-state index contributed by atoms with van der Waals surface area (Å²) in [6.45, 7) is 2.00. The van der Waals surface area contributed by atoms with Crippen LogP contribution in [-0.2, 0) is 0 Å². The van der Waals surface area contributed by atoms with Crippen LogP contribution in [0.3, 0.4) is 0 Å². The van der Waals surface area contributed by atoms with E-state index in [0.29, 0.717) is 0 Å². The lowest BCUT2D eigenvalue weighted by Crippen LogP contribution is -2.22. The molecule has 0 saturated heterocycles. The topological polar surface area (TPSA) is 29.5 Å². The van der Waals surface area contributed by atoms with Crippen LogP contribution in [0.2, 0.25) is 0 Å². The molecule has 0 fully saturated rings. The van der Waals surface area contributed by atoms with Gasteiger partial charge in [-0.15, -0.1) is 0 Å². The molecule has 0 saturated carbocycles. The first kappa shape index (κ1) is 12.9. The third kappa shape index (κ3) is 4.14. The second kappa shape index (κ2) is 6.43. The molecular weight excluding hydrogens is 222 g/mol. The van der Waals surface area contributed by atoms with Crippen LogP contribution in [0.25, 0.3) is 0 Å². The Morgan fingerprint density at radius 2 is 2.00 bits per heavy atom. The summed E-state index contributed by atoms with van der Waals surface area (Å²) in [6.07, 6.45) is 0.791. The zero-order valence-electron chi connectivity index (χ0n) is 9.84. The number of carbonyl (C=O) groups is 1. The number of hydrogen-bond acceptors (Lipinski definition) is 3. The van der Waals surface area contributed by atoms with Gasteiger partial charge in [-0.3, -0.25) is 4.79 Å². The fourth-order valence-corrected chi connectivity index (χ4v) is 1.82. The SMILES string of the molecule is CCC(Oc1ccccc1)SC(=O)N(C)C. The van der Waals surface area contributed by atoms with Crippen LogP contribution in [0.1, 0.15) is 13.3 Å². The van der Waals surface area contributed by atoms with E-state index in [2.05, 4.69) is 0 Å². The van der Waals surface area contributed by atoms with Gasteiger partial charge in [0.15, 0.2) is 5.44 Å². The number of hydrogen-bond donors (Lipinski definition) is 0. The monoisotopic (exact) mass is 239 g/mol. The predicted molar refractivity (Wildman–Crippen MR) is 67.8 cm³/mol. The molecular formula is C12H17NO2S. The summed E-state index contributed by atoms with van der Waals surface area (Å²) in [4.78, 5) is 13.1. The molecule has 88 valence electrons. The van der Waals surface area contributed by atoms with Crippen LogP contribution in [-0.4, -0.2) is 29.7 Å². The maximum Gasteiger partial charge on any atom is 0.284 e. The highest BCUT2D eigenvalue weighted by atomic mass is 32.2. The first-order valence-electron chi connectivity index (χ1n) is 5.23. The molecule has 0 aliphatic rings. The van der Waals surface area contributed by atoms with Crippen LogP contribution in [0.15, 0.2) is 30.3 Å². The second-order valence-electron chi connectivity index (χ2n) is 3.55. The number of ether oxygens (including phenoxy) is 1. The van der Waals surface area contributed by atoms with Crippen LogP contribution in [0.5, 0.6) is 5.75 Å². The summed E-state index contributed by atoms with van der Waals surface area (Å²) < 4.78 is 5.70. The van der Waals surface area contributed by atoms with Gasteiger partial charge in [-0.25, -0.2) is 0 Å². The minimum atomic E-state index is -0.128. The number of para-hydroxylation sites is 1. The van der Waals surface area contributed by atoms with Gasteiger partial charge in [0, 0.05) is 14.1 Å². The standard InChI is InChI=1S/C12H17NO2S/c1-4-11(16-12(14)13(2)3)15-10-8-6-5-7-9-10/h5-9,11H,4H2,1-3H3. The van der Waals surface area contributed by atoms with Crippen molar-refractivity contribution in [3.05, 3.63) is 30.3 Å². The molecule has 0 aliphatic heterocycles. The summed E-state index contributed by atoms with van der Waals surface area (Å²) in [7, 11) is 3.48. The van der Waals surface area contributed by atoms with Crippen LogP contribution >= 0.6 is 11.8 Å².